The van der Waals surface area contributed by atoms with E-state index < -0.39 is 0 Å². The van der Waals surface area contributed by atoms with Gasteiger partial charge in [0.2, 0.25) is 0 Å². The van der Waals surface area contributed by atoms with Crippen LogP contribution in [0.1, 0.15) is 37.8 Å². The Labute approximate surface area is 116 Å². The van der Waals surface area contributed by atoms with Crippen LogP contribution in [0.25, 0.3) is 0 Å². The molecule has 1 aromatic carbocycles. The second-order valence-electron chi connectivity index (χ2n) is 5.32. The molecule has 0 bridgehead atoms. The fraction of sp³-hybridized carbons (Fsp3) is 0.625. The van der Waals surface area contributed by atoms with Crippen LogP contribution >= 0.6 is 0 Å². The minimum atomic E-state index is 0.342. The van der Waals surface area contributed by atoms with E-state index in [0.717, 1.165) is 12.3 Å². The maximum absolute atomic E-state index is 5.41. The lowest BCUT2D eigenvalue weighted by atomic mass is 10.1. The second kappa shape index (κ2) is 7.51. The Hall–Kier alpha value is -1.06. The molecule has 1 atom stereocenters. The number of rotatable bonds is 7. The molecule has 0 aliphatic carbocycles. The lowest BCUT2D eigenvalue weighted by Crippen LogP contribution is -2.26. The van der Waals surface area contributed by atoms with Gasteiger partial charge in [0.25, 0.3) is 0 Å². The standard InChI is InChI=1S/C16H26N2O/c1-14(15-8-3-4-9-16(15)19-2)17-10-7-13-18-11-5-6-12-18/h3-4,8-9,14,17H,5-7,10-13H2,1-2H3. The van der Waals surface area contributed by atoms with Gasteiger partial charge in [-0.25, -0.2) is 0 Å². The van der Waals surface area contributed by atoms with Crippen LogP contribution in [0.3, 0.4) is 0 Å². The summed E-state index contributed by atoms with van der Waals surface area (Å²) < 4.78 is 5.41. The first-order valence-electron chi connectivity index (χ1n) is 7.40. The molecule has 3 nitrogen and oxygen atoms in total. The van der Waals surface area contributed by atoms with Crippen molar-refractivity contribution in [1.82, 2.24) is 10.2 Å². The van der Waals surface area contributed by atoms with Gasteiger partial charge in [-0.15, -0.1) is 0 Å². The number of nitrogens with one attached hydrogen (secondary N) is 1. The molecular weight excluding hydrogens is 236 g/mol. The van der Waals surface area contributed by atoms with Crippen molar-refractivity contribution < 1.29 is 4.74 Å². The minimum absolute atomic E-state index is 0.342. The minimum Gasteiger partial charge on any atom is -0.496 e. The summed E-state index contributed by atoms with van der Waals surface area (Å²) in [5.41, 5.74) is 1.24. The smallest absolute Gasteiger partial charge is 0.123 e. The van der Waals surface area contributed by atoms with Gasteiger partial charge in [0, 0.05) is 11.6 Å². The van der Waals surface area contributed by atoms with Crippen molar-refractivity contribution in [2.75, 3.05) is 33.3 Å². The third-order valence-electron chi connectivity index (χ3n) is 3.91. The Morgan fingerprint density at radius 3 is 2.74 bits per heavy atom. The fourth-order valence-electron chi connectivity index (χ4n) is 2.76. The molecule has 1 N–H and O–H groups in total. The Kier molecular flexibility index (Phi) is 5.67. The van der Waals surface area contributed by atoms with Gasteiger partial charge >= 0.3 is 0 Å². The van der Waals surface area contributed by atoms with Crippen LogP contribution in [-0.4, -0.2) is 38.2 Å². The third-order valence-corrected chi connectivity index (χ3v) is 3.91. The molecule has 3 heteroatoms. The Morgan fingerprint density at radius 2 is 2.00 bits per heavy atom. The van der Waals surface area contributed by atoms with Crippen LogP contribution in [0, 0.1) is 0 Å². The molecule has 0 spiro atoms. The molecule has 1 aliphatic heterocycles. The van der Waals surface area contributed by atoms with Crippen LogP contribution < -0.4 is 10.1 Å². The molecule has 2 rings (SSSR count). The van der Waals surface area contributed by atoms with E-state index in [1.54, 1.807) is 7.11 Å². The molecule has 1 aliphatic rings. The molecule has 0 amide bonds. The maximum Gasteiger partial charge on any atom is 0.123 e. The lowest BCUT2D eigenvalue weighted by molar-refractivity contribution is 0.328. The average Bonchev–Trinajstić information content (AvgIpc) is 2.96. The molecule has 19 heavy (non-hydrogen) atoms. The summed E-state index contributed by atoms with van der Waals surface area (Å²) in [6, 6.07) is 8.59. The van der Waals surface area contributed by atoms with Crippen LogP contribution in [0.4, 0.5) is 0 Å². The highest BCUT2D eigenvalue weighted by molar-refractivity contribution is 5.35. The number of para-hydroxylation sites is 1. The van der Waals surface area contributed by atoms with Gasteiger partial charge in [-0.05, 0) is 58.4 Å². The Balaban J connectivity index is 1.72. The summed E-state index contributed by atoms with van der Waals surface area (Å²) in [7, 11) is 1.74. The summed E-state index contributed by atoms with van der Waals surface area (Å²) in [5.74, 6) is 0.974. The molecule has 0 aromatic heterocycles. The van der Waals surface area contributed by atoms with E-state index in [1.165, 1.54) is 44.5 Å². The van der Waals surface area contributed by atoms with E-state index in [0.29, 0.717) is 6.04 Å². The van der Waals surface area contributed by atoms with Crippen molar-refractivity contribution >= 4 is 0 Å². The quantitative estimate of drug-likeness (QED) is 0.765. The van der Waals surface area contributed by atoms with E-state index in [9.17, 15) is 0 Å². The first kappa shape index (κ1) is 14.4. The second-order valence-corrected chi connectivity index (χ2v) is 5.32. The molecule has 1 heterocycles. The zero-order valence-corrected chi connectivity index (χ0v) is 12.2. The average molecular weight is 262 g/mol. The highest BCUT2D eigenvalue weighted by atomic mass is 16.5. The van der Waals surface area contributed by atoms with E-state index in [2.05, 4.69) is 29.3 Å². The normalized spacial score (nSPS) is 17.6. The molecular formula is C16H26N2O. The first-order chi connectivity index (χ1) is 9.31. The maximum atomic E-state index is 5.41. The van der Waals surface area contributed by atoms with Crippen molar-refractivity contribution in [3.05, 3.63) is 29.8 Å². The van der Waals surface area contributed by atoms with Gasteiger partial charge in [0.1, 0.15) is 5.75 Å². The SMILES string of the molecule is COc1ccccc1C(C)NCCCN1CCCC1. The summed E-state index contributed by atoms with van der Waals surface area (Å²) in [5, 5.41) is 3.59. The fourth-order valence-corrected chi connectivity index (χ4v) is 2.76. The van der Waals surface area contributed by atoms with E-state index in [4.69, 9.17) is 4.74 Å². The van der Waals surface area contributed by atoms with Crippen molar-refractivity contribution in [1.29, 1.82) is 0 Å². The number of methoxy groups -OCH3 is 1. The Morgan fingerprint density at radius 1 is 1.26 bits per heavy atom. The molecule has 1 aromatic rings. The van der Waals surface area contributed by atoms with Crippen LogP contribution in [0.15, 0.2) is 24.3 Å². The number of nitrogens with zero attached hydrogens (tertiary/aromatic N) is 1. The third kappa shape index (κ3) is 4.22. The first-order valence-corrected chi connectivity index (χ1v) is 7.40. The monoisotopic (exact) mass is 262 g/mol. The number of ether oxygens (including phenoxy) is 1. The summed E-state index contributed by atoms with van der Waals surface area (Å²) >= 11 is 0. The summed E-state index contributed by atoms with van der Waals surface area (Å²) in [6.07, 6.45) is 3.98. The van der Waals surface area contributed by atoms with E-state index in [1.807, 2.05) is 12.1 Å². The van der Waals surface area contributed by atoms with E-state index >= 15 is 0 Å². The lowest BCUT2D eigenvalue weighted by Gasteiger charge is -2.19. The van der Waals surface area contributed by atoms with Crippen molar-refractivity contribution in [3.63, 3.8) is 0 Å². The van der Waals surface area contributed by atoms with Gasteiger partial charge in [-0.1, -0.05) is 18.2 Å². The number of benzene rings is 1. The zero-order valence-electron chi connectivity index (χ0n) is 12.2. The molecule has 1 fully saturated rings. The van der Waals surface area contributed by atoms with Crippen LogP contribution in [0.2, 0.25) is 0 Å². The van der Waals surface area contributed by atoms with E-state index in [-0.39, 0.29) is 0 Å². The number of hydrogen-bond donors (Lipinski definition) is 1. The highest BCUT2D eigenvalue weighted by Crippen LogP contribution is 2.24. The number of hydrogen-bond acceptors (Lipinski definition) is 3. The zero-order chi connectivity index (χ0) is 13.5. The predicted molar refractivity (Wildman–Crippen MR) is 79.7 cm³/mol. The molecule has 0 radical (unpaired) electrons. The van der Waals surface area contributed by atoms with Crippen molar-refractivity contribution in [3.8, 4) is 5.75 Å². The predicted octanol–water partition coefficient (Wildman–Crippen LogP) is 2.83. The molecule has 0 saturated carbocycles. The van der Waals surface area contributed by atoms with Crippen LogP contribution in [-0.2, 0) is 0 Å². The highest BCUT2D eigenvalue weighted by Gasteiger charge is 2.12. The molecule has 1 unspecified atom stereocenters. The van der Waals surface area contributed by atoms with Gasteiger partial charge in [0.05, 0.1) is 7.11 Å². The summed E-state index contributed by atoms with van der Waals surface area (Å²) in [4.78, 5) is 2.56. The molecule has 106 valence electrons. The van der Waals surface area contributed by atoms with Gasteiger partial charge < -0.3 is 15.0 Å². The van der Waals surface area contributed by atoms with Crippen LogP contribution in [0.5, 0.6) is 5.75 Å². The Bertz CT molecular complexity index is 375. The number of likely N-dealkylation sites (tertiary alicyclic amines) is 1. The molecule has 1 saturated heterocycles. The summed E-state index contributed by atoms with van der Waals surface area (Å²) in [6.45, 7) is 7.08. The van der Waals surface area contributed by atoms with Gasteiger partial charge in [0.15, 0.2) is 0 Å². The van der Waals surface area contributed by atoms with Gasteiger partial charge in [-0.2, -0.15) is 0 Å². The van der Waals surface area contributed by atoms with Gasteiger partial charge in [-0.3, -0.25) is 0 Å². The van der Waals surface area contributed by atoms with Crippen molar-refractivity contribution in [2.24, 2.45) is 0 Å². The largest absolute Gasteiger partial charge is 0.496 e. The topological polar surface area (TPSA) is 24.5 Å². The van der Waals surface area contributed by atoms with Crippen molar-refractivity contribution in [2.45, 2.75) is 32.2 Å².